The molecule has 0 aliphatic heterocycles. The minimum atomic E-state index is -0.905. The van der Waals surface area contributed by atoms with Gasteiger partial charge in [-0.2, -0.15) is 0 Å². The highest BCUT2D eigenvalue weighted by atomic mass is 79.9. The Hall–Kier alpha value is -1.81. The number of hydrogen-bond donors (Lipinski definition) is 1. The van der Waals surface area contributed by atoms with Crippen LogP contribution < -0.4 is 4.90 Å². The van der Waals surface area contributed by atoms with Gasteiger partial charge < -0.3 is 10.0 Å². The maximum atomic E-state index is 11.0. The largest absolute Gasteiger partial charge is 0.478 e. The van der Waals surface area contributed by atoms with Gasteiger partial charge >= 0.3 is 5.97 Å². The number of aromatic carboxylic acids is 1. The van der Waals surface area contributed by atoms with E-state index in [9.17, 15) is 4.79 Å². The summed E-state index contributed by atoms with van der Waals surface area (Å²) < 4.78 is 1.04. The zero-order chi connectivity index (χ0) is 13.8. The molecule has 2 rings (SSSR count). The lowest BCUT2D eigenvalue weighted by Crippen LogP contribution is -2.16. The SMILES string of the molecule is CN(Cc1cccc(Br)c1)c1cccc(C(=O)O)c1. The van der Waals surface area contributed by atoms with Gasteiger partial charge in [0.05, 0.1) is 5.56 Å². The predicted molar refractivity (Wildman–Crippen MR) is 79.7 cm³/mol. The smallest absolute Gasteiger partial charge is 0.335 e. The van der Waals surface area contributed by atoms with E-state index in [2.05, 4.69) is 22.0 Å². The van der Waals surface area contributed by atoms with Crippen molar-refractivity contribution in [1.82, 2.24) is 0 Å². The van der Waals surface area contributed by atoms with Crippen LogP contribution in [0.25, 0.3) is 0 Å². The number of carbonyl (C=O) groups is 1. The van der Waals surface area contributed by atoms with Crippen molar-refractivity contribution in [1.29, 1.82) is 0 Å². The number of nitrogens with zero attached hydrogens (tertiary/aromatic N) is 1. The van der Waals surface area contributed by atoms with E-state index in [0.29, 0.717) is 5.56 Å². The molecule has 0 saturated heterocycles. The Bertz CT molecular complexity index is 598. The zero-order valence-electron chi connectivity index (χ0n) is 10.5. The van der Waals surface area contributed by atoms with Crippen LogP contribution in [0.3, 0.4) is 0 Å². The number of carboxylic acid groups (broad SMARTS) is 1. The number of hydrogen-bond acceptors (Lipinski definition) is 2. The molecule has 0 aromatic heterocycles. The van der Waals surface area contributed by atoms with Crippen molar-refractivity contribution < 1.29 is 9.90 Å². The van der Waals surface area contributed by atoms with E-state index in [1.54, 1.807) is 18.2 Å². The Morgan fingerprint density at radius 1 is 1.21 bits per heavy atom. The molecular weight excluding hydrogens is 306 g/mol. The molecule has 2 aromatic carbocycles. The second-order valence-electron chi connectivity index (χ2n) is 4.34. The first-order valence-electron chi connectivity index (χ1n) is 5.85. The molecule has 0 atom stereocenters. The molecular formula is C15H14BrNO2. The highest BCUT2D eigenvalue weighted by Gasteiger charge is 2.07. The van der Waals surface area contributed by atoms with Crippen LogP contribution in [0.2, 0.25) is 0 Å². The molecule has 19 heavy (non-hydrogen) atoms. The van der Waals surface area contributed by atoms with E-state index in [1.807, 2.05) is 36.2 Å². The topological polar surface area (TPSA) is 40.5 Å². The van der Waals surface area contributed by atoms with E-state index < -0.39 is 5.97 Å². The Morgan fingerprint density at radius 3 is 2.63 bits per heavy atom. The minimum absolute atomic E-state index is 0.304. The second-order valence-corrected chi connectivity index (χ2v) is 5.26. The summed E-state index contributed by atoms with van der Waals surface area (Å²) in [5.41, 5.74) is 2.36. The summed E-state index contributed by atoms with van der Waals surface area (Å²) in [5.74, 6) is -0.905. The monoisotopic (exact) mass is 319 g/mol. The van der Waals surface area contributed by atoms with E-state index >= 15 is 0 Å². The number of carboxylic acids is 1. The maximum Gasteiger partial charge on any atom is 0.335 e. The highest BCUT2D eigenvalue weighted by Crippen LogP contribution is 2.19. The van der Waals surface area contributed by atoms with Crippen LogP contribution in [0.5, 0.6) is 0 Å². The van der Waals surface area contributed by atoms with Crippen molar-refractivity contribution in [3.8, 4) is 0 Å². The lowest BCUT2D eigenvalue weighted by atomic mass is 10.1. The van der Waals surface area contributed by atoms with Crippen molar-refractivity contribution in [3.63, 3.8) is 0 Å². The summed E-state index contributed by atoms with van der Waals surface area (Å²) in [6.07, 6.45) is 0. The third-order valence-electron chi connectivity index (χ3n) is 2.84. The van der Waals surface area contributed by atoms with Gasteiger partial charge in [0, 0.05) is 23.8 Å². The lowest BCUT2D eigenvalue weighted by molar-refractivity contribution is 0.0697. The Kier molecular flexibility index (Phi) is 4.22. The average molecular weight is 320 g/mol. The van der Waals surface area contributed by atoms with E-state index in [1.165, 1.54) is 0 Å². The van der Waals surface area contributed by atoms with Crippen LogP contribution >= 0.6 is 15.9 Å². The molecule has 3 nitrogen and oxygen atoms in total. The van der Waals surface area contributed by atoms with Gasteiger partial charge in [0.15, 0.2) is 0 Å². The molecule has 0 spiro atoms. The third-order valence-corrected chi connectivity index (χ3v) is 3.34. The standard InChI is InChI=1S/C15H14BrNO2/c1-17(10-11-4-2-6-13(16)8-11)14-7-3-5-12(9-14)15(18)19/h2-9H,10H2,1H3,(H,18,19). The number of benzene rings is 2. The molecule has 0 aliphatic rings. The summed E-state index contributed by atoms with van der Waals surface area (Å²) in [5, 5.41) is 8.99. The summed E-state index contributed by atoms with van der Waals surface area (Å²) in [4.78, 5) is 13.0. The van der Waals surface area contributed by atoms with Gasteiger partial charge in [0.25, 0.3) is 0 Å². The van der Waals surface area contributed by atoms with Gasteiger partial charge in [-0.1, -0.05) is 34.1 Å². The van der Waals surface area contributed by atoms with Crippen molar-refractivity contribution in [2.24, 2.45) is 0 Å². The molecule has 1 N–H and O–H groups in total. The first kappa shape index (κ1) is 13.6. The molecule has 0 bridgehead atoms. The zero-order valence-corrected chi connectivity index (χ0v) is 12.1. The fraction of sp³-hybridized carbons (Fsp3) is 0.133. The first-order valence-corrected chi connectivity index (χ1v) is 6.64. The molecule has 0 radical (unpaired) electrons. The van der Waals surface area contributed by atoms with Crippen molar-refractivity contribution in [3.05, 3.63) is 64.1 Å². The molecule has 98 valence electrons. The minimum Gasteiger partial charge on any atom is -0.478 e. The molecule has 4 heteroatoms. The fourth-order valence-corrected chi connectivity index (χ4v) is 2.32. The molecule has 0 fully saturated rings. The van der Waals surface area contributed by atoms with Crippen LogP contribution in [0, 0.1) is 0 Å². The first-order chi connectivity index (χ1) is 9.06. The molecule has 0 amide bonds. The summed E-state index contributed by atoms with van der Waals surface area (Å²) in [7, 11) is 1.95. The Labute approximate surface area is 120 Å². The normalized spacial score (nSPS) is 10.2. The van der Waals surface area contributed by atoms with Crippen LogP contribution in [0.1, 0.15) is 15.9 Å². The Morgan fingerprint density at radius 2 is 1.95 bits per heavy atom. The van der Waals surface area contributed by atoms with Crippen LogP contribution in [0.4, 0.5) is 5.69 Å². The Balaban J connectivity index is 2.18. The van der Waals surface area contributed by atoms with E-state index in [0.717, 1.165) is 22.3 Å². The molecule has 2 aromatic rings. The van der Waals surface area contributed by atoms with Gasteiger partial charge in [0.1, 0.15) is 0 Å². The van der Waals surface area contributed by atoms with Crippen molar-refractivity contribution in [2.75, 3.05) is 11.9 Å². The number of rotatable bonds is 4. The van der Waals surface area contributed by atoms with Gasteiger partial charge in [-0.15, -0.1) is 0 Å². The number of halogens is 1. The molecule has 0 aliphatic carbocycles. The van der Waals surface area contributed by atoms with Gasteiger partial charge in [-0.05, 0) is 35.9 Å². The lowest BCUT2D eigenvalue weighted by Gasteiger charge is -2.20. The second kappa shape index (κ2) is 5.89. The summed E-state index contributed by atoms with van der Waals surface area (Å²) in [6.45, 7) is 0.725. The molecule has 0 heterocycles. The van der Waals surface area contributed by atoms with Gasteiger partial charge in [-0.25, -0.2) is 4.79 Å². The van der Waals surface area contributed by atoms with Crippen LogP contribution in [0.15, 0.2) is 53.0 Å². The van der Waals surface area contributed by atoms with Crippen LogP contribution in [-0.4, -0.2) is 18.1 Å². The number of anilines is 1. The summed E-state index contributed by atoms with van der Waals surface area (Å²) in [6, 6.07) is 15.0. The molecule has 0 saturated carbocycles. The van der Waals surface area contributed by atoms with Gasteiger partial charge in [0.2, 0.25) is 0 Å². The van der Waals surface area contributed by atoms with E-state index in [4.69, 9.17) is 5.11 Å². The summed E-state index contributed by atoms with van der Waals surface area (Å²) >= 11 is 3.44. The van der Waals surface area contributed by atoms with Crippen molar-refractivity contribution in [2.45, 2.75) is 6.54 Å². The van der Waals surface area contributed by atoms with Crippen LogP contribution in [-0.2, 0) is 6.54 Å². The quantitative estimate of drug-likeness (QED) is 0.932. The van der Waals surface area contributed by atoms with Crippen molar-refractivity contribution >= 4 is 27.6 Å². The average Bonchev–Trinajstić information content (AvgIpc) is 2.39. The van der Waals surface area contributed by atoms with Gasteiger partial charge in [-0.3, -0.25) is 0 Å². The predicted octanol–water partition coefficient (Wildman–Crippen LogP) is 3.78. The van der Waals surface area contributed by atoms with E-state index in [-0.39, 0.29) is 0 Å². The highest BCUT2D eigenvalue weighted by molar-refractivity contribution is 9.10. The maximum absolute atomic E-state index is 11.0. The molecule has 0 unspecified atom stereocenters. The fourth-order valence-electron chi connectivity index (χ4n) is 1.88. The third kappa shape index (κ3) is 3.58.